The summed E-state index contributed by atoms with van der Waals surface area (Å²) in [6, 6.07) is 10.6. The first-order valence-electron chi connectivity index (χ1n) is 5.64. The Hall–Kier alpha value is -2.25. The summed E-state index contributed by atoms with van der Waals surface area (Å²) < 4.78 is 10.9. The summed E-state index contributed by atoms with van der Waals surface area (Å²) in [7, 11) is 0. The number of ether oxygens (including phenoxy) is 2. The maximum Gasteiger partial charge on any atom is 0.139 e. The highest BCUT2D eigenvalue weighted by Gasteiger charge is 1.97. The van der Waals surface area contributed by atoms with Crippen LogP contribution in [0.1, 0.15) is 5.56 Å². The molecule has 1 aromatic carbocycles. The van der Waals surface area contributed by atoms with Gasteiger partial charge in [0.1, 0.15) is 24.7 Å². The zero-order valence-corrected chi connectivity index (χ0v) is 10.8. The van der Waals surface area contributed by atoms with E-state index in [2.05, 4.69) is 4.98 Å². The fraction of sp³-hybridized carbons (Fsp3) is 0.143. The number of rotatable bonds is 5. The molecular formula is C14H11ClN2O2. The molecule has 1 aromatic heterocycles. The number of nitrogens with zero attached hydrogens (tertiary/aromatic N) is 2. The van der Waals surface area contributed by atoms with Crippen molar-refractivity contribution in [2.75, 3.05) is 13.2 Å². The summed E-state index contributed by atoms with van der Waals surface area (Å²) in [5.74, 6) is 1.31. The molecule has 0 saturated carbocycles. The summed E-state index contributed by atoms with van der Waals surface area (Å²) in [5.41, 5.74) is 0.605. The molecule has 5 heteroatoms. The van der Waals surface area contributed by atoms with Gasteiger partial charge in [0.15, 0.2) is 0 Å². The Bertz CT molecular complexity index is 579. The van der Waals surface area contributed by atoms with Gasteiger partial charge in [-0.2, -0.15) is 5.26 Å². The van der Waals surface area contributed by atoms with E-state index in [1.165, 1.54) is 0 Å². The molecule has 2 aromatic rings. The molecule has 4 nitrogen and oxygen atoms in total. The fourth-order valence-corrected chi connectivity index (χ4v) is 1.58. The predicted octanol–water partition coefficient (Wildman–Crippen LogP) is 3.06. The Labute approximate surface area is 116 Å². The van der Waals surface area contributed by atoms with E-state index in [0.29, 0.717) is 35.3 Å². The van der Waals surface area contributed by atoms with Crippen molar-refractivity contribution >= 4 is 11.6 Å². The highest BCUT2D eigenvalue weighted by Crippen LogP contribution is 2.15. The van der Waals surface area contributed by atoms with E-state index in [1.807, 2.05) is 6.07 Å². The summed E-state index contributed by atoms with van der Waals surface area (Å²) in [4.78, 5) is 3.91. The SMILES string of the molecule is N#Cc1ccc(OCCOc2cncc(Cl)c2)cc1. The molecule has 0 amide bonds. The van der Waals surface area contributed by atoms with Crippen LogP contribution in [0.5, 0.6) is 11.5 Å². The summed E-state index contributed by atoms with van der Waals surface area (Å²) in [6.45, 7) is 0.792. The molecule has 2 rings (SSSR count). The second kappa shape index (κ2) is 6.62. The first kappa shape index (κ1) is 13.2. The molecule has 0 atom stereocenters. The van der Waals surface area contributed by atoms with Crippen molar-refractivity contribution in [3.05, 3.63) is 53.3 Å². The Morgan fingerprint density at radius 1 is 1.05 bits per heavy atom. The Morgan fingerprint density at radius 3 is 2.37 bits per heavy atom. The van der Waals surface area contributed by atoms with E-state index in [0.717, 1.165) is 0 Å². The molecule has 0 aliphatic heterocycles. The molecule has 0 fully saturated rings. The van der Waals surface area contributed by atoms with Crippen molar-refractivity contribution < 1.29 is 9.47 Å². The minimum absolute atomic E-state index is 0.391. The molecule has 19 heavy (non-hydrogen) atoms. The minimum Gasteiger partial charge on any atom is -0.490 e. The molecule has 0 saturated heterocycles. The number of benzene rings is 1. The Morgan fingerprint density at radius 2 is 1.74 bits per heavy atom. The van der Waals surface area contributed by atoms with Crippen molar-refractivity contribution in [1.82, 2.24) is 4.98 Å². The molecule has 96 valence electrons. The van der Waals surface area contributed by atoms with E-state index < -0.39 is 0 Å². The van der Waals surface area contributed by atoms with Gasteiger partial charge in [-0.3, -0.25) is 4.98 Å². The van der Waals surface area contributed by atoms with Crippen molar-refractivity contribution in [3.8, 4) is 17.6 Å². The second-order valence-corrected chi connectivity index (χ2v) is 4.11. The predicted molar refractivity (Wildman–Crippen MR) is 71.4 cm³/mol. The normalized spacial score (nSPS) is 9.68. The van der Waals surface area contributed by atoms with Crippen molar-refractivity contribution in [1.29, 1.82) is 5.26 Å². The molecule has 0 spiro atoms. The lowest BCUT2D eigenvalue weighted by atomic mass is 10.2. The summed E-state index contributed by atoms with van der Waals surface area (Å²) in [6.07, 6.45) is 3.13. The lowest BCUT2D eigenvalue weighted by Crippen LogP contribution is -2.09. The third kappa shape index (κ3) is 4.16. The Kier molecular flexibility index (Phi) is 4.60. The zero-order chi connectivity index (χ0) is 13.5. The zero-order valence-electron chi connectivity index (χ0n) is 10.0. The van der Waals surface area contributed by atoms with Crippen LogP contribution in [-0.2, 0) is 0 Å². The smallest absolute Gasteiger partial charge is 0.139 e. The standard InChI is InChI=1S/C14H11ClN2O2/c15-12-7-14(10-17-9-12)19-6-5-18-13-3-1-11(8-16)2-4-13/h1-4,7,9-10H,5-6H2. The molecule has 0 radical (unpaired) electrons. The molecular weight excluding hydrogens is 264 g/mol. The van der Waals surface area contributed by atoms with E-state index in [-0.39, 0.29) is 0 Å². The topological polar surface area (TPSA) is 55.1 Å². The van der Waals surface area contributed by atoms with Crippen LogP contribution in [0.3, 0.4) is 0 Å². The first-order valence-corrected chi connectivity index (χ1v) is 6.02. The van der Waals surface area contributed by atoms with Crippen LogP contribution in [0.15, 0.2) is 42.7 Å². The van der Waals surface area contributed by atoms with Gasteiger partial charge in [0.25, 0.3) is 0 Å². The van der Waals surface area contributed by atoms with Crippen molar-refractivity contribution in [3.63, 3.8) is 0 Å². The number of aromatic nitrogens is 1. The van der Waals surface area contributed by atoms with Crippen LogP contribution in [0.25, 0.3) is 0 Å². The lowest BCUT2D eigenvalue weighted by Gasteiger charge is -2.08. The molecule has 0 N–H and O–H groups in total. The number of nitriles is 1. The van der Waals surface area contributed by atoms with Gasteiger partial charge in [-0.1, -0.05) is 11.6 Å². The van der Waals surface area contributed by atoms with Crippen molar-refractivity contribution in [2.24, 2.45) is 0 Å². The van der Waals surface area contributed by atoms with Gasteiger partial charge < -0.3 is 9.47 Å². The van der Waals surface area contributed by atoms with E-state index in [1.54, 1.807) is 42.7 Å². The molecule has 0 bridgehead atoms. The highest BCUT2D eigenvalue weighted by molar-refractivity contribution is 6.30. The monoisotopic (exact) mass is 274 g/mol. The number of halogens is 1. The summed E-state index contributed by atoms with van der Waals surface area (Å²) >= 11 is 5.78. The van der Waals surface area contributed by atoms with Crippen LogP contribution >= 0.6 is 11.6 Å². The third-order valence-corrected chi connectivity index (χ3v) is 2.49. The quantitative estimate of drug-likeness (QED) is 0.786. The highest BCUT2D eigenvalue weighted by atomic mass is 35.5. The number of pyridine rings is 1. The lowest BCUT2D eigenvalue weighted by molar-refractivity contribution is 0.216. The number of hydrogen-bond acceptors (Lipinski definition) is 4. The average molecular weight is 275 g/mol. The van der Waals surface area contributed by atoms with Crippen LogP contribution < -0.4 is 9.47 Å². The molecule has 0 aliphatic rings. The van der Waals surface area contributed by atoms with Gasteiger partial charge >= 0.3 is 0 Å². The van der Waals surface area contributed by atoms with Gasteiger partial charge in [0.2, 0.25) is 0 Å². The van der Waals surface area contributed by atoms with Gasteiger partial charge in [-0.25, -0.2) is 0 Å². The average Bonchev–Trinajstić information content (AvgIpc) is 2.44. The van der Waals surface area contributed by atoms with Gasteiger partial charge in [-0.05, 0) is 24.3 Å². The van der Waals surface area contributed by atoms with E-state index in [4.69, 9.17) is 26.3 Å². The maximum absolute atomic E-state index is 8.66. The molecule has 0 unspecified atom stereocenters. The third-order valence-electron chi connectivity index (χ3n) is 2.28. The van der Waals surface area contributed by atoms with Crippen LogP contribution in [-0.4, -0.2) is 18.2 Å². The van der Waals surface area contributed by atoms with Crippen molar-refractivity contribution in [2.45, 2.75) is 0 Å². The molecule has 0 aliphatic carbocycles. The summed E-state index contributed by atoms with van der Waals surface area (Å²) in [5, 5.41) is 9.20. The van der Waals surface area contributed by atoms with E-state index >= 15 is 0 Å². The van der Waals surface area contributed by atoms with Crippen LogP contribution in [0, 0.1) is 11.3 Å². The Balaban J connectivity index is 1.76. The molecule has 1 heterocycles. The van der Waals surface area contributed by atoms with Gasteiger partial charge in [0, 0.05) is 12.3 Å². The maximum atomic E-state index is 8.66. The van der Waals surface area contributed by atoms with Gasteiger partial charge in [-0.15, -0.1) is 0 Å². The largest absolute Gasteiger partial charge is 0.490 e. The van der Waals surface area contributed by atoms with Gasteiger partial charge in [0.05, 0.1) is 22.9 Å². The second-order valence-electron chi connectivity index (χ2n) is 3.67. The van der Waals surface area contributed by atoms with Crippen LogP contribution in [0.4, 0.5) is 0 Å². The number of hydrogen-bond donors (Lipinski definition) is 0. The minimum atomic E-state index is 0.391. The van der Waals surface area contributed by atoms with E-state index in [9.17, 15) is 0 Å². The first-order chi connectivity index (χ1) is 9.28. The van der Waals surface area contributed by atoms with Crippen LogP contribution in [0.2, 0.25) is 5.02 Å². The fourth-order valence-electron chi connectivity index (χ4n) is 1.42.